The first kappa shape index (κ1) is 15.7. The number of aryl methyl sites for hydroxylation is 1. The molecule has 0 bridgehead atoms. The Morgan fingerprint density at radius 2 is 2.13 bits per heavy atom. The Morgan fingerprint density at radius 3 is 2.78 bits per heavy atom. The number of methoxy groups -OCH3 is 1. The van der Waals surface area contributed by atoms with Gasteiger partial charge >= 0.3 is 5.97 Å². The van der Waals surface area contributed by atoms with E-state index in [0.29, 0.717) is 34.8 Å². The lowest BCUT2D eigenvalue weighted by atomic mass is 10.1. The van der Waals surface area contributed by atoms with Crippen molar-refractivity contribution in [2.45, 2.75) is 32.2 Å². The van der Waals surface area contributed by atoms with E-state index in [1.165, 1.54) is 7.11 Å². The standard InChI is InChI=1S/C16H17ClN4O2/c1-9-19-13(17)7-14(20-9)18-8-11-5-6-12(16(22)23-2)15(21-11)10-3-4-10/h5-7,10H,3-4,8H2,1-2H3,(H,18,19,20). The normalized spacial score (nSPS) is 13.7. The minimum absolute atomic E-state index is 0.336. The lowest BCUT2D eigenvalue weighted by Gasteiger charge is -2.10. The van der Waals surface area contributed by atoms with Gasteiger partial charge in [-0.3, -0.25) is 4.98 Å². The molecule has 0 spiro atoms. The maximum atomic E-state index is 11.8. The fourth-order valence-electron chi connectivity index (χ4n) is 2.37. The number of ether oxygens (including phenoxy) is 1. The van der Waals surface area contributed by atoms with Crippen LogP contribution in [0.15, 0.2) is 18.2 Å². The van der Waals surface area contributed by atoms with E-state index in [1.807, 2.05) is 6.07 Å². The van der Waals surface area contributed by atoms with Crippen LogP contribution in [0.1, 0.15) is 46.3 Å². The highest BCUT2D eigenvalue weighted by Gasteiger charge is 2.30. The van der Waals surface area contributed by atoms with Crippen LogP contribution < -0.4 is 5.32 Å². The second-order valence-electron chi connectivity index (χ2n) is 5.48. The van der Waals surface area contributed by atoms with Gasteiger partial charge in [-0.05, 0) is 31.9 Å². The number of aromatic nitrogens is 3. The van der Waals surface area contributed by atoms with Gasteiger partial charge in [-0.15, -0.1) is 0 Å². The van der Waals surface area contributed by atoms with Crippen LogP contribution in [0.2, 0.25) is 5.15 Å². The lowest BCUT2D eigenvalue weighted by Crippen LogP contribution is -2.11. The van der Waals surface area contributed by atoms with Crippen molar-refractivity contribution in [3.05, 3.63) is 46.1 Å². The Labute approximate surface area is 139 Å². The van der Waals surface area contributed by atoms with Crippen LogP contribution in [-0.2, 0) is 11.3 Å². The summed E-state index contributed by atoms with van der Waals surface area (Å²) in [5, 5.41) is 3.57. The zero-order chi connectivity index (χ0) is 16.4. The molecule has 1 aliphatic rings. The molecule has 1 fully saturated rings. The minimum Gasteiger partial charge on any atom is -0.465 e. The van der Waals surface area contributed by atoms with Crippen LogP contribution >= 0.6 is 11.6 Å². The molecule has 23 heavy (non-hydrogen) atoms. The van der Waals surface area contributed by atoms with Gasteiger partial charge < -0.3 is 10.1 Å². The number of rotatable bonds is 5. The molecule has 0 aromatic carbocycles. The van der Waals surface area contributed by atoms with Gasteiger partial charge in [-0.1, -0.05) is 11.6 Å². The van der Waals surface area contributed by atoms with Crippen molar-refractivity contribution >= 4 is 23.4 Å². The van der Waals surface area contributed by atoms with Gasteiger partial charge in [0.05, 0.1) is 30.6 Å². The molecule has 1 N–H and O–H groups in total. The van der Waals surface area contributed by atoms with E-state index < -0.39 is 0 Å². The van der Waals surface area contributed by atoms with E-state index >= 15 is 0 Å². The number of carbonyl (C=O) groups is 1. The number of hydrogen-bond acceptors (Lipinski definition) is 6. The van der Waals surface area contributed by atoms with Crippen molar-refractivity contribution in [1.29, 1.82) is 0 Å². The maximum absolute atomic E-state index is 11.8. The molecule has 0 saturated heterocycles. The van der Waals surface area contributed by atoms with Gasteiger partial charge in [0.25, 0.3) is 0 Å². The van der Waals surface area contributed by atoms with Crippen molar-refractivity contribution in [1.82, 2.24) is 15.0 Å². The molecule has 6 nitrogen and oxygen atoms in total. The Hall–Kier alpha value is -2.21. The summed E-state index contributed by atoms with van der Waals surface area (Å²) in [7, 11) is 1.38. The Kier molecular flexibility index (Phi) is 4.43. The molecule has 2 aromatic rings. The van der Waals surface area contributed by atoms with Crippen LogP contribution in [0.5, 0.6) is 0 Å². The molecular weight excluding hydrogens is 316 g/mol. The molecule has 2 heterocycles. The van der Waals surface area contributed by atoms with Crippen LogP contribution in [-0.4, -0.2) is 28.0 Å². The highest BCUT2D eigenvalue weighted by atomic mass is 35.5. The van der Waals surface area contributed by atoms with E-state index in [-0.39, 0.29) is 5.97 Å². The zero-order valence-corrected chi connectivity index (χ0v) is 13.7. The molecule has 3 rings (SSSR count). The number of pyridine rings is 1. The summed E-state index contributed by atoms with van der Waals surface area (Å²) in [4.78, 5) is 24.7. The summed E-state index contributed by atoms with van der Waals surface area (Å²) in [6, 6.07) is 5.27. The summed E-state index contributed by atoms with van der Waals surface area (Å²) in [6.07, 6.45) is 2.13. The summed E-state index contributed by atoms with van der Waals surface area (Å²) in [6.45, 7) is 2.28. The smallest absolute Gasteiger partial charge is 0.339 e. The first-order valence-corrected chi connectivity index (χ1v) is 7.78. The van der Waals surface area contributed by atoms with Crippen molar-refractivity contribution in [2.24, 2.45) is 0 Å². The molecular formula is C16H17ClN4O2. The molecule has 120 valence electrons. The number of nitrogens with zero attached hydrogens (tertiary/aromatic N) is 3. The van der Waals surface area contributed by atoms with Crippen molar-refractivity contribution < 1.29 is 9.53 Å². The van der Waals surface area contributed by atoms with E-state index in [1.54, 1.807) is 19.1 Å². The zero-order valence-electron chi connectivity index (χ0n) is 13.0. The van der Waals surface area contributed by atoms with Crippen molar-refractivity contribution in [3.63, 3.8) is 0 Å². The van der Waals surface area contributed by atoms with E-state index in [2.05, 4.69) is 20.3 Å². The first-order chi connectivity index (χ1) is 11.1. The van der Waals surface area contributed by atoms with Gasteiger partial charge in [0.15, 0.2) is 0 Å². The number of anilines is 1. The Morgan fingerprint density at radius 1 is 1.35 bits per heavy atom. The number of hydrogen-bond donors (Lipinski definition) is 1. The van der Waals surface area contributed by atoms with Crippen molar-refractivity contribution in [3.8, 4) is 0 Å². The first-order valence-electron chi connectivity index (χ1n) is 7.40. The van der Waals surface area contributed by atoms with Crippen LogP contribution in [0.25, 0.3) is 0 Å². The second kappa shape index (κ2) is 6.50. The average Bonchev–Trinajstić information content (AvgIpc) is 3.36. The van der Waals surface area contributed by atoms with Gasteiger partial charge in [0.1, 0.15) is 16.8 Å². The highest BCUT2D eigenvalue weighted by Crippen LogP contribution is 2.40. The Balaban J connectivity index is 1.78. The van der Waals surface area contributed by atoms with E-state index in [4.69, 9.17) is 16.3 Å². The summed E-state index contributed by atoms with van der Waals surface area (Å²) >= 11 is 5.92. The third-order valence-corrected chi connectivity index (χ3v) is 3.80. The van der Waals surface area contributed by atoms with Crippen molar-refractivity contribution in [2.75, 3.05) is 12.4 Å². The second-order valence-corrected chi connectivity index (χ2v) is 5.87. The number of esters is 1. The topological polar surface area (TPSA) is 77.0 Å². The lowest BCUT2D eigenvalue weighted by molar-refractivity contribution is 0.0598. The molecule has 0 amide bonds. The number of halogens is 1. The number of carbonyl (C=O) groups excluding carboxylic acids is 1. The fourth-order valence-corrected chi connectivity index (χ4v) is 2.59. The molecule has 1 saturated carbocycles. The maximum Gasteiger partial charge on any atom is 0.339 e. The average molecular weight is 333 g/mol. The predicted octanol–water partition coefficient (Wildman–Crippen LogP) is 3.11. The summed E-state index contributed by atoms with van der Waals surface area (Å²) < 4.78 is 4.82. The fraction of sp³-hybridized carbons (Fsp3) is 0.375. The third kappa shape index (κ3) is 3.76. The third-order valence-electron chi connectivity index (χ3n) is 3.61. The highest BCUT2D eigenvalue weighted by molar-refractivity contribution is 6.29. The molecule has 0 unspecified atom stereocenters. The quantitative estimate of drug-likeness (QED) is 0.669. The largest absolute Gasteiger partial charge is 0.465 e. The molecule has 0 aliphatic heterocycles. The summed E-state index contributed by atoms with van der Waals surface area (Å²) in [5.74, 6) is 1.28. The minimum atomic E-state index is -0.336. The van der Waals surface area contributed by atoms with Gasteiger partial charge in [-0.25, -0.2) is 14.8 Å². The molecule has 0 atom stereocenters. The number of nitrogens with one attached hydrogen (secondary N) is 1. The SMILES string of the molecule is COC(=O)c1ccc(CNc2cc(Cl)nc(C)n2)nc1C1CC1. The Bertz CT molecular complexity index is 727. The van der Waals surface area contributed by atoms with Crippen LogP contribution in [0, 0.1) is 6.92 Å². The van der Waals surface area contributed by atoms with Gasteiger partial charge in [-0.2, -0.15) is 0 Å². The molecule has 0 radical (unpaired) electrons. The van der Waals surface area contributed by atoms with Gasteiger partial charge in [0.2, 0.25) is 0 Å². The van der Waals surface area contributed by atoms with Gasteiger partial charge in [0, 0.05) is 12.0 Å². The van der Waals surface area contributed by atoms with Crippen LogP contribution in [0.3, 0.4) is 0 Å². The monoisotopic (exact) mass is 332 g/mol. The van der Waals surface area contributed by atoms with E-state index in [0.717, 1.165) is 24.2 Å². The van der Waals surface area contributed by atoms with Crippen LogP contribution in [0.4, 0.5) is 5.82 Å². The molecule has 7 heteroatoms. The van der Waals surface area contributed by atoms with E-state index in [9.17, 15) is 4.79 Å². The molecule has 2 aromatic heterocycles. The summed E-state index contributed by atoms with van der Waals surface area (Å²) in [5.41, 5.74) is 2.22. The predicted molar refractivity (Wildman–Crippen MR) is 86.7 cm³/mol. The molecule has 1 aliphatic carbocycles.